The summed E-state index contributed by atoms with van der Waals surface area (Å²) in [6.45, 7) is 2.56. The second kappa shape index (κ2) is 13.9. The molecule has 0 aromatic heterocycles. The number of likely N-dealkylation sites (tertiary alicyclic amines) is 1. The molecule has 3 aromatic carbocycles. The second-order valence-corrected chi connectivity index (χ2v) is 10.9. The van der Waals surface area contributed by atoms with Gasteiger partial charge in [-0.05, 0) is 49.2 Å². The lowest BCUT2D eigenvalue weighted by molar-refractivity contribution is -0.253. The van der Waals surface area contributed by atoms with E-state index in [1.807, 2.05) is 24.3 Å². The number of nitrogens with zero attached hydrogens (tertiary/aromatic N) is 1. The fraction of sp³-hybridized carbons (Fsp3) is 0.406. The number of aliphatic hydroxyl groups is 1. The molecule has 5 rings (SSSR count). The Balaban J connectivity index is 1.38. The fourth-order valence-corrected chi connectivity index (χ4v) is 5.58. The molecule has 2 heterocycles. The molecule has 2 N–H and O–H groups in total. The van der Waals surface area contributed by atoms with Crippen molar-refractivity contribution in [3.63, 3.8) is 0 Å². The Kier molecular flexibility index (Phi) is 10.1. The van der Waals surface area contributed by atoms with E-state index in [-0.39, 0.29) is 24.5 Å². The van der Waals surface area contributed by atoms with Crippen molar-refractivity contribution >= 4 is 11.6 Å². The molecule has 11 heteroatoms. The molecule has 2 fully saturated rings. The van der Waals surface area contributed by atoms with Crippen LogP contribution >= 0.6 is 0 Å². The molecule has 3 atom stereocenters. The average Bonchev–Trinajstić information content (AvgIpc) is 3.00. The van der Waals surface area contributed by atoms with Crippen LogP contribution in [0.15, 0.2) is 48.5 Å². The Morgan fingerprint density at radius 3 is 2.09 bits per heavy atom. The number of halogens is 5. The zero-order chi connectivity index (χ0) is 30.5. The van der Waals surface area contributed by atoms with Gasteiger partial charge in [0.15, 0.2) is 29.6 Å². The molecule has 0 unspecified atom stereocenters. The molecule has 2 saturated heterocycles. The third-order valence-corrected chi connectivity index (χ3v) is 7.88. The van der Waals surface area contributed by atoms with Crippen molar-refractivity contribution < 1.29 is 41.3 Å². The first-order chi connectivity index (χ1) is 20.7. The van der Waals surface area contributed by atoms with Gasteiger partial charge in [0.05, 0.1) is 18.8 Å². The summed E-state index contributed by atoms with van der Waals surface area (Å²) in [5, 5.41) is 11.7. The van der Waals surface area contributed by atoms with Gasteiger partial charge in [0, 0.05) is 24.2 Å². The van der Waals surface area contributed by atoms with Crippen LogP contribution in [0.1, 0.15) is 78.0 Å². The summed E-state index contributed by atoms with van der Waals surface area (Å²) in [4.78, 5) is 15.0. The van der Waals surface area contributed by atoms with Gasteiger partial charge in [0.2, 0.25) is 5.82 Å². The van der Waals surface area contributed by atoms with Gasteiger partial charge in [-0.1, -0.05) is 55.7 Å². The van der Waals surface area contributed by atoms with E-state index in [1.165, 1.54) is 31.4 Å². The molecule has 2 aliphatic rings. The van der Waals surface area contributed by atoms with Crippen LogP contribution in [0.5, 0.6) is 0 Å². The van der Waals surface area contributed by atoms with E-state index in [1.54, 1.807) is 12.1 Å². The Morgan fingerprint density at radius 1 is 0.814 bits per heavy atom. The highest BCUT2D eigenvalue weighted by Crippen LogP contribution is 2.39. The fourth-order valence-electron chi connectivity index (χ4n) is 5.58. The first-order valence-electron chi connectivity index (χ1n) is 14.4. The van der Waals surface area contributed by atoms with Gasteiger partial charge < -0.3 is 24.8 Å². The highest BCUT2D eigenvalue weighted by Gasteiger charge is 2.34. The second-order valence-electron chi connectivity index (χ2n) is 10.9. The molecular formula is C32H33F5N2O4. The Bertz CT molecular complexity index is 1400. The molecule has 43 heavy (non-hydrogen) atoms. The molecule has 2 aliphatic heterocycles. The van der Waals surface area contributed by atoms with Gasteiger partial charge in [0.1, 0.15) is 5.56 Å². The van der Waals surface area contributed by atoms with Gasteiger partial charge >= 0.3 is 0 Å². The quantitative estimate of drug-likeness (QED) is 0.174. The number of ether oxygens (including phenoxy) is 2. The minimum Gasteiger partial charge on any atom is -0.392 e. The molecule has 0 saturated carbocycles. The molecule has 1 amide bonds. The van der Waals surface area contributed by atoms with Gasteiger partial charge in [-0.3, -0.25) is 4.79 Å². The van der Waals surface area contributed by atoms with Crippen LogP contribution < -0.4 is 5.32 Å². The molecule has 0 radical (unpaired) electrons. The van der Waals surface area contributed by atoms with Crippen molar-refractivity contribution in [2.75, 3.05) is 25.0 Å². The monoisotopic (exact) mass is 604 g/mol. The minimum atomic E-state index is -2.34. The third-order valence-electron chi connectivity index (χ3n) is 7.88. The lowest BCUT2D eigenvalue weighted by atomic mass is 9.99. The van der Waals surface area contributed by atoms with Crippen molar-refractivity contribution in [2.45, 2.75) is 63.6 Å². The zero-order valence-corrected chi connectivity index (χ0v) is 23.4. The maximum Gasteiger partial charge on any atom is 0.261 e. The summed E-state index contributed by atoms with van der Waals surface area (Å²) in [6.07, 6.45) is 5.02. The van der Waals surface area contributed by atoms with Crippen LogP contribution in [0, 0.1) is 29.1 Å². The standard InChI is InChI=1S/C32H33F5N2O4/c33-26-25(27(34)29(36)30(37)28(26)35)31(41)38-22-8-6-7-21(15-22)32-42-23(17-39-13-4-2-1-3-5-14-39)16-24(43-32)20-11-9-19(18-40)10-12-20/h6-12,15,23-24,32,40H,1-5,13-14,16-18H2,(H,38,41)/t23-,24+,32+/m0/s1. The summed E-state index contributed by atoms with van der Waals surface area (Å²) >= 11 is 0. The largest absolute Gasteiger partial charge is 0.392 e. The van der Waals surface area contributed by atoms with E-state index in [0.717, 1.165) is 37.1 Å². The van der Waals surface area contributed by atoms with Crippen LogP contribution in [-0.2, 0) is 16.1 Å². The molecular weight excluding hydrogens is 571 g/mol. The highest BCUT2D eigenvalue weighted by atomic mass is 19.2. The van der Waals surface area contributed by atoms with E-state index in [2.05, 4.69) is 10.2 Å². The predicted molar refractivity (Wildman–Crippen MR) is 149 cm³/mol. The number of hydrogen-bond acceptors (Lipinski definition) is 5. The van der Waals surface area contributed by atoms with E-state index in [4.69, 9.17) is 9.47 Å². The molecule has 230 valence electrons. The summed E-state index contributed by atoms with van der Waals surface area (Å²) in [7, 11) is 0. The number of hydrogen-bond donors (Lipinski definition) is 2. The van der Waals surface area contributed by atoms with Crippen molar-refractivity contribution in [3.05, 3.63) is 99.9 Å². The van der Waals surface area contributed by atoms with Crippen LogP contribution in [-0.4, -0.2) is 41.7 Å². The van der Waals surface area contributed by atoms with E-state index < -0.39 is 46.8 Å². The smallest absolute Gasteiger partial charge is 0.261 e. The molecule has 3 aromatic rings. The maximum absolute atomic E-state index is 14.2. The zero-order valence-electron chi connectivity index (χ0n) is 23.4. The number of benzene rings is 3. The predicted octanol–water partition coefficient (Wildman–Crippen LogP) is 6.94. The van der Waals surface area contributed by atoms with E-state index in [9.17, 15) is 31.9 Å². The lowest BCUT2D eigenvalue weighted by Crippen LogP contribution is -2.40. The number of aliphatic hydroxyl groups excluding tert-OH is 1. The summed E-state index contributed by atoms with van der Waals surface area (Å²) in [5.41, 5.74) is 0.630. The topological polar surface area (TPSA) is 71.0 Å². The van der Waals surface area contributed by atoms with Crippen LogP contribution in [0.4, 0.5) is 27.6 Å². The number of carbonyl (C=O) groups is 1. The Hall–Kier alpha value is -3.38. The summed E-state index contributed by atoms with van der Waals surface area (Å²) in [5.74, 6) is -12.7. The van der Waals surface area contributed by atoms with Gasteiger partial charge in [-0.15, -0.1) is 0 Å². The molecule has 0 bridgehead atoms. The van der Waals surface area contributed by atoms with Crippen LogP contribution in [0.25, 0.3) is 0 Å². The van der Waals surface area contributed by atoms with Crippen molar-refractivity contribution in [1.82, 2.24) is 4.90 Å². The average molecular weight is 605 g/mol. The van der Waals surface area contributed by atoms with Crippen molar-refractivity contribution in [3.8, 4) is 0 Å². The van der Waals surface area contributed by atoms with Crippen LogP contribution in [0.2, 0.25) is 0 Å². The molecule has 6 nitrogen and oxygen atoms in total. The first-order valence-corrected chi connectivity index (χ1v) is 14.4. The number of anilines is 1. The summed E-state index contributed by atoms with van der Waals surface area (Å²) < 4.78 is 82.0. The number of carbonyl (C=O) groups excluding carboxylic acids is 1. The Morgan fingerprint density at radius 2 is 1.44 bits per heavy atom. The first kappa shape index (κ1) is 31.1. The van der Waals surface area contributed by atoms with Crippen molar-refractivity contribution in [2.24, 2.45) is 0 Å². The van der Waals surface area contributed by atoms with E-state index in [0.29, 0.717) is 18.5 Å². The summed E-state index contributed by atoms with van der Waals surface area (Å²) in [6, 6.07) is 13.6. The van der Waals surface area contributed by atoms with Gasteiger partial charge in [-0.2, -0.15) is 0 Å². The van der Waals surface area contributed by atoms with Crippen LogP contribution in [0.3, 0.4) is 0 Å². The Labute approximate surface area is 246 Å². The normalized spacial score (nSPS) is 21.7. The maximum atomic E-state index is 14.2. The van der Waals surface area contributed by atoms with Crippen molar-refractivity contribution in [1.29, 1.82) is 0 Å². The number of amides is 1. The number of nitrogens with one attached hydrogen (secondary N) is 1. The molecule has 0 aliphatic carbocycles. The minimum absolute atomic E-state index is 0.0494. The number of rotatable bonds is 7. The SMILES string of the molecule is O=C(Nc1cccc([C@@H]2O[C@H](CN3CCCCCCC3)C[C@H](c3ccc(CO)cc3)O2)c1)c1c(F)c(F)c(F)c(F)c1F. The molecule has 0 spiro atoms. The van der Waals surface area contributed by atoms with Gasteiger partial charge in [0.25, 0.3) is 5.91 Å². The third kappa shape index (κ3) is 7.23. The van der Waals surface area contributed by atoms with E-state index >= 15 is 0 Å². The van der Waals surface area contributed by atoms with Gasteiger partial charge in [-0.25, -0.2) is 22.0 Å². The lowest BCUT2D eigenvalue weighted by Gasteiger charge is -2.39. The highest BCUT2D eigenvalue weighted by molar-refractivity contribution is 6.04.